The van der Waals surface area contributed by atoms with Crippen molar-refractivity contribution in [2.75, 3.05) is 11.1 Å². The Bertz CT molecular complexity index is 759. The molecule has 3 rings (SSSR count). The molecule has 1 saturated carbocycles. The van der Waals surface area contributed by atoms with Gasteiger partial charge in [0.1, 0.15) is 5.69 Å². The quantitative estimate of drug-likeness (QED) is 0.445. The molecular weight excluding hydrogens is 321 g/mol. The lowest BCUT2D eigenvalue weighted by molar-refractivity contribution is -0.383. The molecule has 0 atom stereocenters. The zero-order valence-electron chi connectivity index (χ0n) is 14.0. The summed E-state index contributed by atoms with van der Waals surface area (Å²) in [4.78, 5) is 10.8. The van der Waals surface area contributed by atoms with Gasteiger partial charge in [0.25, 0.3) is 5.69 Å². The van der Waals surface area contributed by atoms with E-state index in [0.717, 1.165) is 25.7 Å². The maximum atomic E-state index is 15.1. The van der Waals surface area contributed by atoms with Crippen molar-refractivity contribution >= 4 is 22.7 Å². The minimum Gasteiger partial charge on any atom is -0.393 e. The number of hydrogen-bond acceptors (Lipinski definition) is 4. The fourth-order valence-electron chi connectivity index (χ4n) is 3.51. The van der Waals surface area contributed by atoms with Crippen molar-refractivity contribution in [2.45, 2.75) is 38.5 Å². The van der Waals surface area contributed by atoms with Crippen LogP contribution in [0.4, 0.5) is 27.1 Å². The van der Waals surface area contributed by atoms with Crippen molar-refractivity contribution in [3.63, 3.8) is 0 Å². The Labute approximate surface area is 146 Å². The van der Waals surface area contributed by atoms with Gasteiger partial charge in [-0.1, -0.05) is 50.3 Å². The number of nitrogens with zero attached hydrogens (tertiary/aromatic N) is 1. The summed E-state index contributed by atoms with van der Waals surface area (Å²) >= 11 is 0. The van der Waals surface area contributed by atoms with Crippen molar-refractivity contribution in [1.29, 1.82) is 0 Å². The lowest BCUT2D eigenvalue weighted by atomic mass is 9.84. The van der Waals surface area contributed by atoms with Gasteiger partial charge in [-0.3, -0.25) is 10.1 Å². The van der Waals surface area contributed by atoms with Gasteiger partial charge in [0.15, 0.2) is 5.82 Å². The van der Waals surface area contributed by atoms with Gasteiger partial charge in [-0.2, -0.15) is 0 Å². The molecule has 6 heteroatoms. The zero-order chi connectivity index (χ0) is 17.8. The normalized spacial score (nSPS) is 15.1. The largest absolute Gasteiger partial charge is 0.393 e. The van der Waals surface area contributed by atoms with E-state index in [0.29, 0.717) is 18.0 Å². The molecule has 25 heavy (non-hydrogen) atoms. The van der Waals surface area contributed by atoms with Crippen molar-refractivity contribution in [2.24, 2.45) is 5.92 Å². The second-order valence-corrected chi connectivity index (χ2v) is 6.61. The van der Waals surface area contributed by atoms with Crippen molar-refractivity contribution < 1.29 is 9.31 Å². The van der Waals surface area contributed by atoms with E-state index in [1.54, 1.807) is 12.1 Å². The van der Waals surface area contributed by atoms with Crippen LogP contribution >= 0.6 is 0 Å². The number of nitrogen functional groups attached to an aromatic ring is 1. The molecule has 0 unspecified atom stereocenters. The highest BCUT2D eigenvalue weighted by Gasteiger charge is 2.26. The molecule has 0 heterocycles. The number of nitrogens with one attached hydrogen (secondary N) is 1. The Morgan fingerprint density at radius 2 is 1.88 bits per heavy atom. The van der Waals surface area contributed by atoms with Crippen LogP contribution in [0.5, 0.6) is 0 Å². The van der Waals surface area contributed by atoms with Gasteiger partial charge < -0.3 is 11.1 Å². The van der Waals surface area contributed by atoms with Crippen molar-refractivity contribution in [1.82, 2.24) is 0 Å². The monoisotopic (exact) mass is 343 g/mol. The molecule has 3 N–H and O–H groups in total. The highest BCUT2D eigenvalue weighted by Crippen LogP contribution is 2.38. The molecule has 1 aliphatic rings. The van der Waals surface area contributed by atoms with Crippen LogP contribution in [0.15, 0.2) is 36.4 Å². The van der Waals surface area contributed by atoms with Crippen LogP contribution in [0, 0.1) is 21.8 Å². The summed E-state index contributed by atoms with van der Waals surface area (Å²) in [5.74, 6) is -0.158. The molecule has 0 saturated heterocycles. The van der Waals surface area contributed by atoms with E-state index >= 15 is 4.39 Å². The number of anilines is 3. The van der Waals surface area contributed by atoms with E-state index in [9.17, 15) is 10.1 Å². The van der Waals surface area contributed by atoms with E-state index < -0.39 is 10.7 Å². The van der Waals surface area contributed by atoms with Crippen LogP contribution < -0.4 is 11.1 Å². The second-order valence-electron chi connectivity index (χ2n) is 6.61. The predicted octanol–water partition coefficient (Wildman–Crippen LogP) is 5.18. The average Bonchev–Trinajstić information content (AvgIpc) is 2.62. The summed E-state index contributed by atoms with van der Waals surface area (Å²) in [6.45, 7) is 0. The summed E-state index contributed by atoms with van der Waals surface area (Å²) in [6.07, 6.45) is 5.92. The maximum Gasteiger partial charge on any atom is 0.294 e. The average molecular weight is 343 g/mol. The van der Waals surface area contributed by atoms with Crippen molar-refractivity contribution in [3.8, 4) is 0 Å². The Balaban J connectivity index is 1.98. The fraction of sp³-hybridized carbons (Fsp3) is 0.368. The number of hydrogen-bond donors (Lipinski definition) is 2. The molecule has 0 aromatic heterocycles. The van der Waals surface area contributed by atoms with E-state index in [1.165, 1.54) is 12.5 Å². The zero-order valence-corrected chi connectivity index (χ0v) is 14.0. The first-order chi connectivity index (χ1) is 12.1. The first kappa shape index (κ1) is 17.2. The molecule has 1 fully saturated rings. The van der Waals surface area contributed by atoms with Gasteiger partial charge in [-0.15, -0.1) is 0 Å². The summed E-state index contributed by atoms with van der Waals surface area (Å²) in [7, 11) is 0. The molecule has 0 bridgehead atoms. The smallest absolute Gasteiger partial charge is 0.294 e. The summed E-state index contributed by atoms with van der Waals surface area (Å²) in [6, 6.07) is 10.2. The first-order valence-corrected chi connectivity index (χ1v) is 8.63. The van der Waals surface area contributed by atoms with Crippen LogP contribution in [-0.2, 0) is 6.42 Å². The SMILES string of the molecule is Nc1c([N+](=O)[O-])cc(Nc2ccccc2)c(F)c1CC1CCCCC1. The molecule has 2 aromatic rings. The Morgan fingerprint density at radius 1 is 1.20 bits per heavy atom. The van der Waals surface area contributed by atoms with Gasteiger partial charge in [0.05, 0.1) is 10.6 Å². The topological polar surface area (TPSA) is 81.2 Å². The van der Waals surface area contributed by atoms with E-state index in [-0.39, 0.29) is 22.6 Å². The minimum atomic E-state index is -0.546. The molecule has 5 nitrogen and oxygen atoms in total. The standard InChI is InChI=1S/C19H22FN3O2/c20-18-15(11-13-7-3-1-4-8-13)19(21)17(23(24)25)12-16(18)22-14-9-5-2-6-10-14/h2,5-6,9-10,12-13,22H,1,3-4,7-8,11,21H2. The summed E-state index contributed by atoms with van der Waals surface area (Å²) in [5, 5.41) is 14.3. The lowest BCUT2D eigenvalue weighted by Gasteiger charge is -2.23. The minimum absolute atomic E-state index is 0.0494. The Kier molecular flexibility index (Phi) is 5.16. The van der Waals surface area contributed by atoms with Gasteiger partial charge in [0.2, 0.25) is 0 Å². The number of rotatable bonds is 5. The van der Waals surface area contributed by atoms with Crippen molar-refractivity contribution in [3.05, 3.63) is 57.9 Å². The van der Waals surface area contributed by atoms with Crippen LogP contribution in [0.25, 0.3) is 0 Å². The number of benzene rings is 2. The van der Waals surface area contributed by atoms with Crippen LogP contribution in [0.1, 0.15) is 37.7 Å². The molecular formula is C19H22FN3O2. The summed E-state index contributed by atoms with van der Waals surface area (Å²) < 4.78 is 15.1. The van der Waals surface area contributed by atoms with Gasteiger partial charge in [-0.05, 0) is 24.5 Å². The highest BCUT2D eigenvalue weighted by atomic mass is 19.1. The maximum absolute atomic E-state index is 15.1. The Hall–Kier alpha value is -2.63. The van der Waals surface area contributed by atoms with Crippen LogP contribution in [0.2, 0.25) is 0 Å². The van der Waals surface area contributed by atoms with Crippen LogP contribution in [0.3, 0.4) is 0 Å². The molecule has 132 valence electrons. The number of nitro groups is 1. The van der Waals surface area contributed by atoms with Gasteiger partial charge >= 0.3 is 0 Å². The third-order valence-corrected chi connectivity index (χ3v) is 4.85. The molecule has 0 amide bonds. The van der Waals surface area contributed by atoms with Gasteiger partial charge in [0, 0.05) is 17.3 Å². The van der Waals surface area contributed by atoms with Gasteiger partial charge in [-0.25, -0.2) is 4.39 Å². The highest BCUT2D eigenvalue weighted by molar-refractivity contribution is 5.74. The number of nitro benzene ring substituents is 1. The first-order valence-electron chi connectivity index (χ1n) is 8.63. The molecule has 0 aliphatic heterocycles. The number of para-hydroxylation sites is 1. The number of nitrogens with two attached hydrogens (primary N) is 1. The lowest BCUT2D eigenvalue weighted by Crippen LogP contribution is -2.14. The summed E-state index contributed by atoms with van der Waals surface area (Å²) in [5.41, 5.74) is 6.69. The molecule has 1 aliphatic carbocycles. The fourth-order valence-corrected chi connectivity index (χ4v) is 3.51. The molecule has 0 spiro atoms. The predicted molar refractivity (Wildman–Crippen MR) is 97.5 cm³/mol. The molecule has 2 aromatic carbocycles. The third-order valence-electron chi connectivity index (χ3n) is 4.85. The van der Waals surface area contributed by atoms with Crippen LogP contribution in [-0.4, -0.2) is 4.92 Å². The third kappa shape index (κ3) is 3.90. The van der Waals surface area contributed by atoms with E-state index in [1.807, 2.05) is 18.2 Å². The number of halogens is 1. The Morgan fingerprint density at radius 3 is 2.52 bits per heavy atom. The van der Waals surface area contributed by atoms with E-state index in [2.05, 4.69) is 5.32 Å². The van der Waals surface area contributed by atoms with E-state index in [4.69, 9.17) is 5.73 Å². The second kappa shape index (κ2) is 7.51. The molecule has 0 radical (unpaired) electrons.